The first kappa shape index (κ1) is 16.8. The van der Waals surface area contributed by atoms with Gasteiger partial charge in [-0.1, -0.05) is 13.8 Å². The van der Waals surface area contributed by atoms with Gasteiger partial charge in [0.1, 0.15) is 12.5 Å². The molecule has 0 spiro atoms. The van der Waals surface area contributed by atoms with Gasteiger partial charge in [-0.15, -0.1) is 0 Å². The normalized spacial score (nSPS) is 17.5. The molecule has 4 nitrogen and oxygen atoms in total. The highest BCUT2D eigenvalue weighted by molar-refractivity contribution is 4.69. The smallest absolute Gasteiger partial charge is 0.106 e. The summed E-state index contributed by atoms with van der Waals surface area (Å²) in [6.07, 6.45) is 0.891. The molecule has 0 aromatic carbocycles. The summed E-state index contributed by atoms with van der Waals surface area (Å²) >= 11 is 0. The maximum atomic E-state index is 9.61. The average molecular weight is 246 g/mol. The zero-order valence-corrected chi connectivity index (χ0v) is 12.1. The van der Waals surface area contributed by atoms with Crippen molar-refractivity contribution in [2.45, 2.75) is 66.0 Å². The predicted octanol–water partition coefficient (Wildman–Crippen LogP) is 1.48. The van der Waals surface area contributed by atoms with Gasteiger partial charge in [0.15, 0.2) is 0 Å². The Morgan fingerprint density at radius 2 is 1.41 bits per heavy atom. The van der Waals surface area contributed by atoms with Gasteiger partial charge in [0, 0.05) is 6.04 Å². The standard InChI is InChI=1S/C13H30N2O2/c1-6-14(7-2)10-8-9-11(3)15(12(4)16)13(5)17/h11-13,16-17H,6-10H2,1-5H3. The minimum Gasteiger partial charge on any atom is -0.379 e. The van der Waals surface area contributed by atoms with Gasteiger partial charge in [-0.25, -0.2) is 0 Å². The summed E-state index contributed by atoms with van der Waals surface area (Å²) in [4.78, 5) is 4.13. The Morgan fingerprint density at radius 1 is 0.941 bits per heavy atom. The van der Waals surface area contributed by atoms with E-state index in [1.165, 1.54) is 0 Å². The lowest BCUT2D eigenvalue weighted by molar-refractivity contribution is -0.107. The van der Waals surface area contributed by atoms with Crippen LogP contribution < -0.4 is 0 Å². The van der Waals surface area contributed by atoms with Crippen LogP contribution in [0.1, 0.15) is 47.5 Å². The lowest BCUT2D eigenvalue weighted by Gasteiger charge is -2.34. The lowest BCUT2D eigenvalue weighted by Crippen LogP contribution is -2.46. The van der Waals surface area contributed by atoms with Crippen LogP contribution in [-0.4, -0.2) is 58.1 Å². The third-order valence-electron chi connectivity index (χ3n) is 3.36. The van der Waals surface area contributed by atoms with Crippen molar-refractivity contribution in [1.29, 1.82) is 0 Å². The zero-order valence-electron chi connectivity index (χ0n) is 12.1. The molecule has 0 rings (SSSR count). The van der Waals surface area contributed by atoms with Gasteiger partial charge < -0.3 is 15.1 Å². The Labute approximate surface area is 106 Å². The van der Waals surface area contributed by atoms with Crippen LogP contribution in [0.15, 0.2) is 0 Å². The number of nitrogens with zero attached hydrogens (tertiary/aromatic N) is 2. The molecule has 17 heavy (non-hydrogen) atoms. The number of hydrogen-bond acceptors (Lipinski definition) is 4. The molecule has 0 aromatic heterocycles. The minimum atomic E-state index is -0.599. The topological polar surface area (TPSA) is 46.9 Å². The summed E-state index contributed by atoms with van der Waals surface area (Å²) in [5, 5.41) is 19.2. The Morgan fingerprint density at radius 3 is 1.76 bits per heavy atom. The van der Waals surface area contributed by atoms with E-state index in [4.69, 9.17) is 0 Å². The van der Waals surface area contributed by atoms with Crippen LogP contribution >= 0.6 is 0 Å². The monoisotopic (exact) mass is 246 g/mol. The van der Waals surface area contributed by atoms with Crippen molar-refractivity contribution in [1.82, 2.24) is 9.80 Å². The number of aliphatic hydroxyl groups is 2. The molecule has 2 N–H and O–H groups in total. The van der Waals surface area contributed by atoms with E-state index >= 15 is 0 Å². The first-order chi connectivity index (χ1) is 7.93. The van der Waals surface area contributed by atoms with Crippen molar-refractivity contribution < 1.29 is 10.2 Å². The second-order valence-electron chi connectivity index (χ2n) is 4.73. The maximum absolute atomic E-state index is 9.61. The summed E-state index contributed by atoms with van der Waals surface area (Å²) in [5.41, 5.74) is 0. The molecule has 0 saturated heterocycles. The van der Waals surface area contributed by atoms with E-state index in [1.807, 2.05) is 0 Å². The van der Waals surface area contributed by atoms with E-state index in [2.05, 4.69) is 25.7 Å². The molecular formula is C13H30N2O2. The van der Waals surface area contributed by atoms with Crippen molar-refractivity contribution in [2.75, 3.05) is 19.6 Å². The fraction of sp³-hybridized carbons (Fsp3) is 1.00. The first-order valence-electron chi connectivity index (χ1n) is 6.79. The van der Waals surface area contributed by atoms with Gasteiger partial charge in [-0.2, -0.15) is 0 Å². The Kier molecular flexibility index (Phi) is 8.78. The van der Waals surface area contributed by atoms with E-state index < -0.39 is 12.5 Å². The van der Waals surface area contributed by atoms with Crippen LogP contribution in [0.3, 0.4) is 0 Å². The second kappa shape index (κ2) is 8.86. The molecule has 0 aliphatic rings. The van der Waals surface area contributed by atoms with Crippen LogP contribution in [0, 0.1) is 0 Å². The summed E-state index contributed by atoms with van der Waals surface area (Å²) in [5.74, 6) is 0. The first-order valence-corrected chi connectivity index (χ1v) is 6.79. The molecule has 3 atom stereocenters. The molecule has 4 heteroatoms. The van der Waals surface area contributed by atoms with Crippen molar-refractivity contribution in [3.8, 4) is 0 Å². The highest BCUT2D eigenvalue weighted by atomic mass is 16.3. The van der Waals surface area contributed by atoms with Crippen LogP contribution in [-0.2, 0) is 0 Å². The molecule has 0 bridgehead atoms. The highest BCUT2D eigenvalue weighted by Gasteiger charge is 2.22. The molecule has 0 saturated carbocycles. The molecule has 0 radical (unpaired) electrons. The maximum Gasteiger partial charge on any atom is 0.106 e. The number of hydrogen-bond donors (Lipinski definition) is 2. The van der Waals surface area contributed by atoms with Crippen molar-refractivity contribution in [3.05, 3.63) is 0 Å². The molecule has 3 unspecified atom stereocenters. The van der Waals surface area contributed by atoms with Gasteiger partial charge >= 0.3 is 0 Å². The quantitative estimate of drug-likeness (QED) is 0.605. The van der Waals surface area contributed by atoms with E-state index in [0.29, 0.717) is 0 Å². The van der Waals surface area contributed by atoms with Gasteiger partial charge in [0.25, 0.3) is 0 Å². The molecule has 0 aliphatic heterocycles. The van der Waals surface area contributed by atoms with Crippen molar-refractivity contribution >= 4 is 0 Å². The predicted molar refractivity (Wildman–Crippen MR) is 71.7 cm³/mol. The van der Waals surface area contributed by atoms with Crippen LogP contribution in [0.25, 0.3) is 0 Å². The third-order valence-corrected chi connectivity index (χ3v) is 3.36. The van der Waals surface area contributed by atoms with Crippen LogP contribution in [0.4, 0.5) is 0 Å². The third kappa shape index (κ3) is 6.36. The van der Waals surface area contributed by atoms with E-state index in [1.54, 1.807) is 18.7 Å². The molecule has 0 aliphatic carbocycles. The molecule has 0 fully saturated rings. The van der Waals surface area contributed by atoms with Gasteiger partial charge in [0.05, 0.1) is 0 Å². The number of rotatable bonds is 9. The SMILES string of the molecule is CCN(CC)CCCC(C)N(C(C)O)C(C)O. The van der Waals surface area contributed by atoms with E-state index in [9.17, 15) is 10.2 Å². The lowest BCUT2D eigenvalue weighted by atomic mass is 10.1. The summed E-state index contributed by atoms with van der Waals surface area (Å²) < 4.78 is 0. The molecule has 104 valence electrons. The van der Waals surface area contributed by atoms with Crippen LogP contribution in [0.5, 0.6) is 0 Å². The molecule has 0 aromatic rings. The van der Waals surface area contributed by atoms with Crippen molar-refractivity contribution in [3.63, 3.8) is 0 Å². The van der Waals surface area contributed by atoms with Gasteiger partial charge in [0.2, 0.25) is 0 Å². The second-order valence-corrected chi connectivity index (χ2v) is 4.73. The Balaban J connectivity index is 4.02. The molecule has 0 amide bonds. The zero-order chi connectivity index (χ0) is 13.4. The largest absolute Gasteiger partial charge is 0.379 e. The van der Waals surface area contributed by atoms with Gasteiger partial charge in [-0.05, 0) is 53.2 Å². The van der Waals surface area contributed by atoms with Gasteiger partial charge in [-0.3, -0.25) is 4.90 Å². The summed E-state index contributed by atoms with van der Waals surface area (Å²) in [6.45, 7) is 13.1. The summed E-state index contributed by atoms with van der Waals surface area (Å²) in [6, 6.07) is 0.200. The number of aliphatic hydroxyl groups excluding tert-OH is 2. The minimum absolute atomic E-state index is 0.200. The average Bonchev–Trinajstić information content (AvgIpc) is 2.23. The van der Waals surface area contributed by atoms with E-state index in [-0.39, 0.29) is 6.04 Å². The summed E-state index contributed by atoms with van der Waals surface area (Å²) in [7, 11) is 0. The van der Waals surface area contributed by atoms with Crippen LogP contribution in [0.2, 0.25) is 0 Å². The van der Waals surface area contributed by atoms with E-state index in [0.717, 1.165) is 32.5 Å². The fourth-order valence-electron chi connectivity index (χ4n) is 2.35. The molecule has 0 heterocycles. The fourth-order valence-corrected chi connectivity index (χ4v) is 2.35. The molecular weight excluding hydrogens is 216 g/mol. The highest BCUT2D eigenvalue weighted by Crippen LogP contribution is 2.13. The Bertz CT molecular complexity index is 174. The Hall–Kier alpha value is -0.160. The van der Waals surface area contributed by atoms with Crippen molar-refractivity contribution in [2.24, 2.45) is 0 Å².